The quantitative estimate of drug-likeness (QED) is 0.698. The summed E-state index contributed by atoms with van der Waals surface area (Å²) in [5.74, 6) is -0.973. The number of aliphatic carboxylic acids is 1. The lowest BCUT2D eigenvalue weighted by molar-refractivity contribution is -0.131. The second-order valence-electron chi connectivity index (χ2n) is 5.18. The highest BCUT2D eigenvalue weighted by Crippen LogP contribution is 2.27. The van der Waals surface area contributed by atoms with Crippen LogP contribution in [0.25, 0.3) is 6.08 Å². The van der Waals surface area contributed by atoms with Crippen molar-refractivity contribution >= 4 is 29.3 Å². The molecular formula is C17H24ClNO2. The molecule has 0 aliphatic carbocycles. The fourth-order valence-corrected chi connectivity index (χ4v) is 2.38. The molecule has 116 valence electrons. The summed E-state index contributed by atoms with van der Waals surface area (Å²) in [5, 5.41) is 9.25. The summed E-state index contributed by atoms with van der Waals surface area (Å²) >= 11 is 6.27. The highest BCUT2D eigenvalue weighted by molar-refractivity contribution is 6.32. The molecule has 4 heteroatoms. The fourth-order valence-electron chi connectivity index (χ4n) is 2.14. The molecule has 0 aromatic heterocycles. The summed E-state index contributed by atoms with van der Waals surface area (Å²) in [6.45, 7) is 7.57. The number of anilines is 1. The minimum absolute atomic E-state index is 0.452. The Bertz CT molecular complexity index is 500. The molecule has 0 radical (unpaired) electrons. The topological polar surface area (TPSA) is 40.5 Å². The Kier molecular flexibility index (Phi) is 7.30. The zero-order chi connectivity index (χ0) is 15.8. The molecule has 0 saturated heterocycles. The van der Waals surface area contributed by atoms with Gasteiger partial charge in [-0.3, -0.25) is 0 Å². The second-order valence-corrected chi connectivity index (χ2v) is 5.59. The van der Waals surface area contributed by atoms with Gasteiger partial charge < -0.3 is 10.0 Å². The molecule has 21 heavy (non-hydrogen) atoms. The zero-order valence-electron chi connectivity index (χ0n) is 13.0. The standard InChI is InChI=1S/C17H24ClNO2/c1-4-6-11-19(13(3)5-2)15-9-7-14(16(18)12-15)8-10-17(20)21/h7-10,12-13H,4-6,11H2,1-3H3,(H,20,21)/b10-8+. The van der Waals surface area contributed by atoms with Crippen LogP contribution in [0.1, 0.15) is 45.6 Å². The van der Waals surface area contributed by atoms with Gasteiger partial charge in [0.1, 0.15) is 0 Å². The van der Waals surface area contributed by atoms with Crippen molar-refractivity contribution in [2.75, 3.05) is 11.4 Å². The van der Waals surface area contributed by atoms with Gasteiger partial charge in [0.05, 0.1) is 0 Å². The molecule has 1 atom stereocenters. The number of carbonyl (C=O) groups is 1. The van der Waals surface area contributed by atoms with Crippen LogP contribution in [-0.4, -0.2) is 23.7 Å². The second kappa shape index (κ2) is 8.73. The number of carboxylic acid groups (broad SMARTS) is 1. The lowest BCUT2D eigenvalue weighted by Crippen LogP contribution is -2.33. The van der Waals surface area contributed by atoms with Crippen LogP contribution >= 0.6 is 11.6 Å². The van der Waals surface area contributed by atoms with Gasteiger partial charge in [0.25, 0.3) is 0 Å². The smallest absolute Gasteiger partial charge is 0.328 e. The van der Waals surface area contributed by atoms with Gasteiger partial charge in [-0.05, 0) is 43.5 Å². The van der Waals surface area contributed by atoms with E-state index in [1.807, 2.05) is 18.2 Å². The summed E-state index contributed by atoms with van der Waals surface area (Å²) < 4.78 is 0. The van der Waals surface area contributed by atoms with Crippen LogP contribution in [0.2, 0.25) is 5.02 Å². The average molecular weight is 310 g/mol. The van der Waals surface area contributed by atoms with Crippen LogP contribution in [0.15, 0.2) is 24.3 Å². The SMILES string of the molecule is CCCCN(c1ccc(/C=C/C(=O)O)c(Cl)c1)C(C)CC. The van der Waals surface area contributed by atoms with Crippen LogP contribution in [0.4, 0.5) is 5.69 Å². The van der Waals surface area contributed by atoms with Gasteiger partial charge in [-0.25, -0.2) is 4.79 Å². The van der Waals surface area contributed by atoms with E-state index < -0.39 is 5.97 Å². The predicted molar refractivity (Wildman–Crippen MR) is 90.1 cm³/mol. The Balaban J connectivity index is 3.00. The molecule has 0 bridgehead atoms. The maximum atomic E-state index is 10.6. The highest BCUT2D eigenvalue weighted by Gasteiger charge is 2.13. The molecule has 0 aliphatic rings. The first-order chi connectivity index (χ1) is 9.99. The van der Waals surface area contributed by atoms with E-state index in [9.17, 15) is 4.79 Å². The molecule has 3 nitrogen and oxygen atoms in total. The third-order valence-corrected chi connectivity index (χ3v) is 3.92. The Morgan fingerprint density at radius 2 is 2.14 bits per heavy atom. The van der Waals surface area contributed by atoms with Gasteiger partial charge in [-0.2, -0.15) is 0 Å². The van der Waals surface area contributed by atoms with Gasteiger partial charge in [-0.1, -0.05) is 37.9 Å². The number of carboxylic acids is 1. The Hall–Kier alpha value is -1.48. The third-order valence-electron chi connectivity index (χ3n) is 3.60. The minimum atomic E-state index is -0.973. The molecule has 1 aromatic rings. The predicted octanol–water partition coefficient (Wildman–Crippen LogP) is 4.84. The molecule has 0 heterocycles. The van der Waals surface area contributed by atoms with Gasteiger partial charge in [-0.15, -0.1) is 0 Å². The monoisotopic (exact) mass is 309 g/mol. The van der Waals surface area contributed by atoms with Gasteiger partial charge in [0, 0.05) is 29.4 Å². The van der Waals surface area contributed by atoms with E-state index in [4.69, 9.17) is 16.7 Å². The first-order valence-electron chi connectivity index (χ1n) is 7.46. The van der Waals surface area contributed by atoms with Gasteiger partial charge in [0.15, 0.2) is 0 Å². The maximum Gasteiger partial charge on any atom is 0.328 e. The molecule has 1 aromatic carbocycles. The van der Waals surface area contributed by atoms with Crippen LogP contribution in [0.5, 0.6) is 0 Å². The van der Waals surface area contributed by atoms with Crippen molar-refractivity contribution in [3.8, 4) is 0 Å². The summed E-state index contributed by atoms with van der Waals surface area (Å²) in [4.78, 5) is 12.9. The molecule has 0 amide bonds. The molecule has 0 spiro atoms. The van der Waals surface area contributed by atoms with Gasteiger partial charge >= 0.3 is 5.97 Å². The average Bonchev–Trinajstić information content (AvgIpc) is 2.46. The van der Waals surface area contributed by atoms with E-state index >= 15 is 0 Å². The van der Waals surface area contributed by atoms with E-state index in [2.05, 4.69) is 25.7 Å². The lowest BCUT2D eigenvalue weighted by Gasteiger charge is -2.31. The maximum absolute atomic E-state index is 10.6. The van der Waals surface area contributed by atoms with Crippen molar-refractivity contribution < 1.29 is 9.90 Å². The molecule has 1 unspecified atom stereocenters. The molecule has 0 saturated carbocycles. The van der Waals surface area contributed by atoms with E-state index in [-0.39, 0.29) is 0 Å². The number of hydrogen-bond donors (Lipinski definition) is 1. The highest BCUT2D eigenvalue weighted by atomic mass is 35.5. The summed E-state index contributed by atoms with van der Waals surface area (Å²) in [5.41, 5.74) is 1.82. The van der Waals surface area contributed by atoms with E-state index in [1.54, 1.807) is 0 Å². The van der Waals surface area contributed by atoms with Crippen molar-refractivity contribution in [3.05, 3.63) is 34.9 Å². The first-order valence-corrected chi connectivity index (χ1v) is 7.84. The fraction of sp³-hybridized carbons (Fsp3) is 0.471. The molecule has 0 aliphatic heterocycles. The van der Waals surface area contributed by atoms with Crippen LogP contribution in [-0.2, 0) is 4.79 Å². The summed E-state index contributed by atoms with van der Waals surface area (Å²) in [6, 6.07) is 6.26. The van der Waals surface area contributed by atoms with Crippen LogP contribution in [0.3, 0.4) is 0 Å². The minimum Gasteiger partial charge on any atom is -0.478 e. The Morgan fingerprint density at radius 3 is 2.67 bits per heavy atom. The van der Waals surface area contributed by atoms with Crippen LogP contribution < -0.4 is 4.90 Å². The van der Waals surface area contributed by atoms with Crippen molar-refractivity contribution in [1.82, 2.24) is 0 Å². The van der Waals surface area contributed by atoms with Crippen molar-refractivity contribution in [2.24, 2.45) is 0 Å². The van der Waals surface area contributed by atoms with Crippen molar-refractivity contribution in [3.63, 3.8) is 0 Å². The number of nitrogens with zero attached hydrogens (tertiary/aromatic N) is 1. The van der Waals surface area contributed by atoms with Crippen molar-refractivity contribution in [2.45, 2.75) is 46.1 Å². The normalized spacial score (nSPS) is 12.6. The van der Waals surface area contributed by atoms with Crippen molar-refractivity contribution in [1.29, 1.82) is 0 Å². The molecular weight excluding hydrogens is 286 g/mol. The molecule has 1 rings (SSSR count). The number of unbranched alkanes of at least 4 members (excludes halogenated alkanes) is 1. The van der Waals surface area contributed by atoms with Gasteiger partial charge in [0.2, 0.25) is 0 Å². The molecule has 0 fully saturated rings. The zero-order valence-corrected chi connectivity index (χ0v) is 13.7. The first kappa shape index (κ1) is 17.6. The number of benzene rings is 1. The largest absolute Gasteiger partial charge is 0.478 e. The van der Waals surface area contributed by atoms with E-state index in [0.29, 0.717) is 11.1 Å². The molecule has 1 N–H and O–H groups in total. The Morgan fingerprint density at radius 1 is 1.43 bits per heavy atom. The summed E-state index contributed by atoms with van der Waals surface area (Å²) in [6.07, 6.45) is 5.99. The number of halogens is 1. The Labute approximate surface area is 132 Å². The summed E-state index contributed by atoms with van der Waals surface area (Å²) in [7, 11) is 0. The van der Waals surface area contributed by atoms with E-state index in [0.717, 1.165) is 43.1 Å². The van der Waals surface area contributed by atoms with Crippen LogP contribution in [0, 0.1) is 0 Å². The lowest BCUT2D eigenvalue weighted by atomic mass is 10.1. The number of rotatable bonds is 8. The van der Waals surface area contributed by atoms with E-state index in [1.165, 1.54) is 6.08 Å². The third kappa shape index (κ3) is 5.43. The number of hydrogen-bond acceptors (Lipinski definition) is 2.